The molecule has 0 saturated carbocycles. The van der Waals surface area contributed by atoms with E-state index in [0.717, 1.165) is 12.3 Å². The van der Waals surface area contributed by atoms with Gasteiger partial charge in [-0.1, -0.05) is 42.5 Å². The lowest BCUT2D eigenvalue weighted by Gasteiger charge is -2.07. The molecular weight excluding hydrogens is 246 g/mol. The Kier molecular flexibility index (Phi) is 6.26. The molecule has 0 fully saturated rings. The molecule has 0 amide bonds. The molecule has 0 saturated heterocycles. The summed E-state index contributed by atoms with van der Waals surface area (Å²) >= 11 is 0. The van der Waals surface area contributed by atoms with Gasteiger partial charge in [-0.25, -0.2) is 0 Å². The van der Waals surface area contributed by atoms with Gasteiger partial charge in [0, 0.05) is 6.54 Å². The van der Waals surface area contributed by atoms with Crippen LogP contribution in [-0.2, 0) is 13.2 Å². The number of rotatable bonds is 5. The van der Waals surface area contributed by atoms with Crippen molar-refractivity contribution in [3.63, 3.8) is 0 Å². The maximum Gasteiger partial charge on any atom is 0.119 e. The van der Waals surface area contributed by atoms with Gasteiger partial charge >= 0.3 is 0 Å². The molecule has 2 rings (SSSR count). The second-order valence-electron chi connectivity index (χ2n) is 3.95. The number of hydrogen-bond acceptors (Lipinski definition) is 2. The molecule has 0 spiro atoms. The summed E-state index contributed by atoms with van der Waals surface area (Å²) in [6, 6.07) is 18.4. The minimum absolute atomic E-state index is 0. The number of benzene rings is 2. The van der Waals surface area contributed by atoms with Crippen LogP contribution in [0.4, 0.5) is 0 Å². The van der Waals surface area contributed by atoms with Crippen LogP contribution >= 0.6 is 0 Å². The molecule has 0 aliphatic rings. The molecular formula is C15H17ClNO-. The topological polar surface area (TPSA) is 21.3 Å². The summed E-state index contributed by atoms with van der Waals surface area (Å²) in [7, 11) is 1.94. The zero-order chi connectivity index (χ0) is 11.9. The Morgan fingerprint density at radius 2 is 1.56 bits per heavy atom. The van der Waals surface area contributed by atoms with Crippen LogP contribution in [0, 0.1) is 0 Å². The quantitative estimate of drug-likeness (QED) is 0.819. The first-order valence-electron chi connectivity index (χ1n) is 5.79. The maximum absolute atomic E-state index is 5.70. The van der Waals surface area contributed by atoms with Gasteiger partial charge in [-0.05, 0) is 30.3 Å². The molecule has 2 nitrogen and oxygen atoms in total. The van der Waals surface area contributed by atoms with Crippen molar-refractivity contribution >= 4 is 0 Å². The highest BCUT2D eigenvalue weighted by Crippen LogP contribution is 2.14. The van der Waals surface area contributed by atoms with Crippen molar-refractivity contribution in [3.8, 4) is 5.75 Å². The predicted molar refractivity (Wildman–Crippen MR) is 70.0 cm³/mol. The number of nitrogens with one attached hydrogen (secondary N) is 1. The van der Waals surface area contributed by atoms with Crippen molar-refractivity contribution < 1.29 is 17.1 Å². The highest BCUT2D eigenvalue weighted by Gasteiger charge is 1.96. The van der Waals surface area contributed by atoms with Crippen LogP contribution in [0.3, 0.4) is 0 Å². The molecule has 0 radical (unpaired) electrons. The van der Waals surface area contributed by atoms with Gasteiger partial charge in [-0.2, -0.15) is 0 Å². The molecule has 96 valence electrons. The number of hydrogen-bond donors (Lipinski definition) is 1. The molecule has 0 aliphatic carbocycles. The van der Waals surface area contributed by atoms with Crippen LogP contribution in [0.15, 0.2) is 54.6 Å². The summed E-state index contributed by atoms with van der Waals surface area (Å²) in [6.45, 7) is 1.51. The smallest absolute Gasteiger partial charge is 0.119 e. The van der Waals surface area contributed by atoms with Crippen LogP contribution < -0.4 is 22.5 Å². The van der Waals surface area contributed by atoms with E-state index in [2.05, 4.69) is 29.6 Å². The van der Waals surface area contributed by atoms with Gasteiger partial charge in [0.1, 0.15) is 12.4 Å². The molecule has 0 aromatic heterocycles. The van der Waals surface area contributed by atoms with E-state index in [-0.39, 0.29) is 12.4 Å². The Labute approximate surface area is 114 Å². The van der Waals surface area contributed by atoms with Crippen LogP contribution in [0.2, 0.25) is 0 Å². The lowest BCUT2D eigenvalue weighted by molar-refractivity contribution is -0.00000386. The summed E-state index contributed by atoms with van der Waals surface area (Å²) in [4.78, 5) is 0. The van der Waals surface area contributed by atoms with E-state index >= 15 is 0 Å². The SMILES string of the molecule is CNCc1ccc(OCc2ccccc2)cc1.[Cl-]. The summed E-state index contributed by atoms with van der Waals surface area (Å²) in [6.07, 6.45) is 0. The van der Waals surface area contributed by atoms with Crippen LogP contribution in [0.1, 0.15) is 11.1 Å². The molecule has 1 N–H and O–H groups in total. The normalized spacial score (nSPS) is 9.61. The molecule has 2 aromatic rings. The minimum Gasteiger partial charge on any atom is -1.00 e. The van der Waals surface area contributed by atoms with Gasteiger partial charge in [0.15, 0.2) is 0 Å². The Morgan fingerprint density at radius 1 is 0.889 bits per heavy atom. The van der Waals surface area contributed by atoms with Crippen LogP contribution in [0.25, 0.3) is 0 Å². The zero-order valence-corrected chi connectivity index (χ0v) is 11.2. The first-order valence-corrected chi connectivity index (χ1v) is 5.79. The third kappa shape index (κ3) is 4.40. The van der Waals surface area contributed by atoms with E-state index < -0.39 is 0 Å². The fourth-order valence-electron chi connectivity index (χ4n) is 1.65. The van der Waals surface area contributed by atoms with Gasteiger partial charge in [-0.15, -0.1) is 0 Å². The van der Waals surface area contributed by atoms with Gasteiger partial charge in [0.05, 0.1) is 0 Å². The summed E-state index contributed by atoms with van der Waals surface area (Å²) in [5.41, 5.74) is 2.45. The molecule has 0 heterocycles. The molecule has 2 aromatic carbocycles. The first-order chi connectivity index (χ1) is 8.38. The van der Waals surface area contributed by atoms with E-state index in [1.165, 1.54) is 11.1 Å². The zero-order valence-electron chi connectivity index (χ0n) is 10.4. The standard InChI is InChI=1S/C15H17NO.ClH/c1-16-11-13-7-9-15(10-8-13)17-12-14-5-3-2-4-6-14;/h2-10,16H,11-12H2,1H3;1H/p-1. The Morgan fingerprint density at radius 3 is 2.17 bits per heavy atom. The van der Waals surface area contributed by atoms with E-state index in [1.54, 1.807) is 0 Å². The summed E-state index contributed by atoms with van der Waals surface area (Å²) < 4.78 is 5.70. The van der Waals surface area contributed by atoms with Crippen molar-refractivity contribution in [1.82, 2.24) is 5.32 Å². The predicted octanol–water partition coefficient (Wildman–Crippen LogP) is -0.0110. The fraction of sp³-hybridized carbons (Fsp3) is 0.200. The number of ether oxygens (including phenoxy) is 1. The maximum atomic E-state index is 5.70. The monoisotopic (exact) mass is 262 g/mol. The van der Waals surface area contributed by atoms with Crippen molar-refractivity contribution in [2.24, 2.45) is 0 Å². The average Bonchev–Trinajstić information content (AvgIpc) is 2.40. The van der Waals surface area contributed by atoms with Crippen LogP contribution in [0.5, 0.6) is 5.75 Å². The second kappa shape index (κ2) is 7.75. The molecule has 3 heteroatoms. The van der Waals surface area contributed by atoms with Crippen molar-refractivity contribution in [3.05, 3.63) is 65.7 Å². The molecule has 0 unspecified atom stereocenters. The minimum atomic E-state index is 0. The highest BCUT2D eigenvalue weighted by molar-refractivity contribution is 5.27. The van der Waals surface area contributed by atoms with Gasteiger partial charge in [-0.3, -0.25) is 0 Å². The van der Waals surface area contributed by atoms with Crippen molar-refractivity contribution in [2.75, 3.05) is 7.05 Å². The molecule has 0 aliphatic heterocycles. The largest absolute Gasteiger partial charge is 1.00 e. The van der Waals surface area contributed by atoms with Crippen LogP contribution in [-0.4, -0.2) is 7.05 Å². The van der Waals surface area contributed by atoms with E-state index in [1.807, 2.05) is 37.4 Å². The second-order valence-corrected chi connectivity index (χ2v) is 3.95. The Hall–Kier alpha value is -1.51. The molecule has 0 atom stereocenters. The third-order valence-corrected chi connectivity index (χ3v) is 2.55. The van der Waals surface area contributed by atoms with Crippen molar-refractivity contribution in [2.45, 2.75) is 13.2 Å². The average molecular weight is 263 g/mol. The Balaban J connectivity index is 0.00000162. The first kappa shape index (κ1) is 14.6. The van der Waals surface area contributed by atoms with Crippen molar-refractivity contribution in [1.29, 1.82) is 0 Å². The van der Waals surface area contributed by atoms with Gasteiger partial charge in [0.2, 0.25) is 0 Å². The lowest BCUT2D eigenvalue weighted by atomic mass is 10.2. The number of halogens is 1. The van der Waals surface area contributed by atoms with E-state index in [4.69, 9.17) is 4.74 Å². The molecule has 18 heavy (non-hydrogen) atoms. The third-order valence-electron chi connectivity index (χ3n) is 2.55. The van der Waals surface area contributed by atoms with E-state index in [0.29, 0.717) is 6.61 Å². The summed E-state index contributed by atoms with van der Waals surface area (Å²) in [5.74, 6) is 0.911. The van der Waals surface area contributed by atoms with Gasteiger partial charge < -0.3 is 22.5 Å². The lowest BCUT2D eigenvalue weighted by Crippen LogP contribution is -3.00. The Bertz CT molecular complexity index is 442. The highest BCUT2D eigenvalue weighted by atomic mass is 35.5. The summed E-state index contributed by atoms with van der Waals surface area (Å²) in [5, 5.41) is 3.12. The van der Waals surface area contributed by atoms with E-state index in [9.17, 15) is 0 Å². The van der Waals surface area contributed by atoms with Gasteiger partial charge in [0.25, 0.3) is 0 Å². The fourth-order valence-corrected chi connectivity index (χ4v) is 1.65. The molecule has 0 bridgehead atoms.